The number of nitrogen functional groups attached to an aromatic ring is 1. The van der Waals surface area contributed by atoms with Gasteiger partial charge in [-0.15, -0.1) is 0 Å². The number of benzene rings is 1. The minimum absolute atomic E-state index is 0.536. The van der Waals surface area contributed by atoms with Crippen molar-refractivity contribution in [2.75, 3.05) is 12.0 Å². The zero-order valence-corrected chi connectivity index (χ0v) is 10.0. The fourth-order valence-electron chi connectivity index (χ4n) is 1.44. The summed E-state index contributed by atoms with van der Waals surface area (Å²) < 4.78 is 5.21. The summed E-state index contributed by atoms with van der Waals surface area (Å²) in [5.74, 6) is 2.00. The van der Waals surface area contributed by atoms with E-state index >= 15 is 0 Å². The standard InChI is InChI=1S/C11H13N3OS/c1-7-8(4-3-5-9(7)12)11-13-10(6-16-2)14-15-11/h3-5H,6,12H2,1-2H3. The Labute approximate surface area is 98.2 Å². The molecule has 0 aliphatic heterocycles. The van der Waals surface area contributed by atoms with Gasteiger partial charge >= 0.3 is 0 Å². The largest absolute Gasteiger partial charge is 0.398 e. The zero-order chi connectivity index (χ0) is 11.5. The number of thioether (sulfide) groups is 1. The van der Waals surface area contributed by atoms with Crippen molar-refractivity contribution in [2.24, 2.45) is 0 Å². The highest BCUT2D eigenvalue weighted by Crippen LogP contribution is 2.25. The number of nitrogens with zero attached hydrogens (tertiary/aromatic N) is 2. The van der Waals surface area contributed by atoms with Crippen LogP contribution in [0.3, 0.4) is 0 Å². The normalized spacial score (nSPS) is 10.6. The molecule has 4 nitrogen and oxygen atoms in total. The minimum atomic E-state index is 0.536. The Bertz CT molecular complexity index is 496. The predicted octanol–water partition coefficient (Wildman–Crippen LogP) is 2.49. The minimum Gasteiger partial charge on any atom is -0.398 e. The Hall–Kier alpha value is -1.49. The van der Waals surface area contributed by atoms with Crippen LogP contribution in [0.1, 0.15) is 11.4 Å². The van der Waals surface area contributed by atoms with Crippen molar-refractivity contribution in [2.45, 2.75) is 12.7 Å². The molecule has 5 heteroatoms. The third-order valence-electron chi connectivity index (χ3n) is 2.35. The second kappa shape index (κ2) is 4.57. The Kier molecular flexibility index (Phi) is 3.14. The maximum absolute atomic E-state index is 5.83. The SMILES string of the molecule is CSCc1noc(-c2cccc(N)c2C)n1. The summed E-state index contributed by atoms with van der Waals surface area (Å²) in [4.78, 5) is 4.32. The molecular weight excluding hydrogens is 222 g/mol. The van der Waals surface area contributed by atoms with Gasteiger partial charge in [-0.3, -0.25) is 0 Å². The summed E-state index contributed by atoms with van der Waals surface area (Å²) in [5.41, 5.74) is 8.44. The van der Waals surface area contributed by atoms with Crippen molar-refractivity contribution in [3.05, 3.63) is 29.6 Å². The number of aromatic nitrogens is 2. The first-order valence-corrected chi connectivity index (χ1v) is 6.28. The van der Waals surface area contributed by atoms with Gasteiger partial charge in [-0.2, -0.15) is 16.7 Å². The molecule has 0 unspecified atom stereocenters. The smallest absolute Gasteiger partial charge is 0.258 e. The van der Waals surface area contributed by atoms with Crippen LogP contribution in [-0.2, 0) is 5.75 Å². The maximum atomic E-state index is 5.83. The molecule has 0 spiro atoms. The van der Waals surface area contributed by atoms with Crippen LogP contribution in [0.4, 0.5) is 5.69 Å². The number of nitrogens with two attached hydrogens (primary N) is 1. The van der Waals surface area contributed by atoms with Gasteiger partial charge in [-0.25, -0.2) is 0 Å². The third kappa shape index (κ3) is 2.04. The maximum Gasteiger partial charge on any atom is 0.258 e. The molecule has 0 bridgehead atoms. The van der Waals surface area contributed by atoms with Crippen LogP contribution in [0, 0.1) is 6.92 Å². The molecule has 0 atom stereocenters. The lowest BCUT2D eigenvalue weighted by molar-refractivity contribution is 0.425. The van der Waals surface area contributed by atoms with E-state index in [0.29, 0.717) is 11.7 Å². The summed E-state index contributed by atoms with van der Waals surface area (Å²) >= 11 is 1.66. The van der Waals surface area contributed by atoms with Gasteiger partial charge < -0.3 is 10.3 Å². The van der Waals surface area contributed by atoms with Crippen LogP contribution in [-0.4, -0.2) is 16.4 Å². The molecule has 2 N–H and O–H groups in total. The highest BCUT2D eigenvalue weighted by molar-refractivity contribution is 7.97. The van der Waals surface area contributed by atoms with Crippen molar-refractivity contribution in [1.82, 2.24) is 10.1 Å². The molecule has 0 saturated heterocycles. The second-order valence-electron chi connectivity index (χ2n) is 3.47. The predicted molar refractivity (Wildman–Crippen MR) is 66.1 cm³/mol. The van der Waals surface area contributed by atoms with Crippen molar-refractivity contribution < 1.29 is 4.52 Å². The van der Waals surface area contributed by atoms with E-state index in [2.05, 4.69) is 10.1 Å². The Balaban J connectivity index is 2.39. The number of rotatable bonds is 3. The van der Waals surface area contributed by atoms with Gasteiger partial charge in [0.1, 0.15) is 0 Å². The molecule has 2 rings (SSSR count). The molecule has 0 aliphatic rings. The lowest BCUT2D eigenvalue weighted by atomic mass is 10.1. The van der Waals surface area contributed by atoms with Gasteiger partial charge in [-0.05, 0) is 30.9 Å². The lowest BCUT2D eigenvalue weighted by Crippen LogP contribution is -1.92. The molecule has 1 aromatic heterocycles. The molecule has 1 aromatic carbocycles. The first-order valence-electron chi connectivity index (χ1n) is 4.89. The molecule has 1 heterocycles. The first-order chi connectivity index (χ1) is 7.72. The van der Waals surface area contributed by atoms with Gasteiger partial charge in [0.05, 0.1) is 5.75 Å². The fraction of sp³-hybridized carbons (Fsp3) is 0.273. The number of hydrogen-bond acceptors (Lipinski definition) is 5. The van der Waals surface area contributed by atoms with Crippen LogP contribution in [0.25, 0.3) is 11.5 Å². The molecule has 0 radical (unpaired) electrons. The Morgan fingerprint density at radius 3 is 3.00 bits per heavy atom. The average Bonchev–Trinajstić information content (AvgIpc) is 2.71. The van der Waals surface area contributed by atoms with E-state index in [4.69, 9.17) is 10.3 Å². The van der Waals surface area contributed by atoms with Crippen molar-refractivity contribution in [3.8, 4) is 11.5 Å². The van der Waals surface area contributed by atoms with E-state index in [0.717, 1.165) is 22.6 Å². The molecular formula is C11H13N3OS. The van der Waals surface area contributed by atoms with E-state index in [1.54, 1.807) is 11.8 Å². The van der Waals surface area contributed by atoms with Crippen molar-refractivity contribution >= 4 is 17.4 Å². The monoisotopic (exact) mass is 235 g/mol. The van der Waals surface area contributed by atoms with Crippen LogP contribution >= 0.6 is 11.8 Å². The van der Waals surface area contributed by atoms with Crippen LogP contribution in [0.5, 0.6) is 0 Å². The molecule has 84 valence electrons. The van der Waals surface area contributed by atoms with E-state index < -0.39 is 0 Å². The average molecular weight is 235 g/mol. The molecule has 2 aromatic rings. The van der Waals surface area contributed by atoms with E-state index in [9.17, 15) is 0 Å². The van der Waals surface area contributed by atoms with Crippen molar-refractivity contribution in [1.29, 1.82) is 0 Å². The van der Waals surface area contributed by atoms with Crippen LogP contribution in [0.2, 0.25) is 0 Å². The molecule has 0 saturated carbocycles. The third-order valence-corrected chi connectivity index (χ3v) is 2.89. The first kappa shape index (κ1) is 11.0. The summed E-state index contributed by atoms with van der Waals surface area (Å²) in [6.45, 7) is 1.95. The van der Waals surface area contributed by atoms with Gasteiger partial charge in [0, 0.05) is 11.3 Å². The number of hydrogen-bond donors (Lipinski definition) is 1. The van der Waals surface area contributed by atoms with E-state index in [1.807, 2.05) is 31.4 Å². The fourth-order valence-corrected chi connectivity index (χ4v) is 1.81. The Morgan fingerprint density at radius 1 is 1.44 bits per heavy atom. The van der Waals surface area contributed by atoms with Gasteiger partial charge in [0.25, 0.3) is 5.89 Å². The Morgan fingerprint density at radius 2 is 2.25 bits per heavy atom. The highest BCUT2D eigenvalue weighted by Gasteiger charge is 2.11. The summed E-state index contributed by atoms with van der Waals surface area (Å²) in [7, 11) is 0. The van der Waals surface area contributed by atoms with E-state index in [1.165, 1.54) is 0 Å². The van der Waals surface area contributed by atoms with Gasteiger partial charge in [0.15, 0.2) is 5.82 Å². The van der Waals surface area contributed by atoms with Crippen LogP contribution < -0.4 is 5.73 Å². The summed E-state index contributed by atoms with van der Waals surface area (Å²) in [6, 6.07) is 5.68. The molecule has 16 heavy (non-hydrogen) atoms. The van der Waals surface area contributed by atoms with Gasteiger partial charge in [0.2, 0.25) is 0 Å². The van der Waals surface area contributed by atoms with Crippen molar-refractivity contribution in [3.63, 3.8) is 0 Å². The van der Waals surface area contributed by atoms with Crippen LogP contribution in [0.15, 0.2) is 22.7 Å². The molecule has 0 aliphatic carbocycles. The summed E-state index contributed by atoms with van der Waals surface area (Å²) in [5, 5.41) is 3.91. The lowest BCUT2D eigenvalue weighted by Gasteiger charge is -2.02. The molecule has 0 fully saturated rings. The van der Waals surface area contributed by atoms with Gasteiger partial charge in [-0.1, -0.05) is 11.2 Å². The summed E-state index contributed by atoms with van der Waals surface area (Å²) in [6.07, 6.45) is 2.00. The number of anilines is 1. The highest BCUT2D eigenvalue weighted by atomic mass is 32.2. The topological polar surface area (TPSA) is 64.9 Å². The second-order valence-corrected chi connectivity index (χ2v) is 4.33. The molecule has 0 amide bonds. The van der Waals surface area contributed by atoms with E-state index in [-0.39, 0.29) is 0 Å². The zero-order valence-electron chi connectivity index (χ0n) is 9.23. The quantitative estimate of drug-likeness (QED) is 0.828.